The fraction of sp³-hybridized carbons (Fsp3) is 0.310. The quantitative estimate of drug-likeness (QED) is 0.346. The van der Waals surface area contributed by atoms with Crippen LogP contribution in [0.15, 0.2) is 72.9 Å². The lowest BCUT2D eigenvalue weighted by molar-refractivity contribution is 0.143. The molecule has 0 fully saturated rings. The van der Waals surface area contributed by atoms with Crippen LogP contribution in [-0.4, -0.2) is 52.1 Å². The molecule has 0 aliphatic carbocycles. The number of ether oxygens (including phenoxy) is 2. The number of carbonyl (C=O) groups is 1. The summed E-state index contributed by atoms with van der Waals surface area (Å²) in [4.78, 5) is 15.6. The highest BCUT2D eigenvalue weighted by Gasteiger charge is 2.35. The number of nitrogens with zero attached hydrogens (tertiary/aromatic N) is 4. The lowest BCUT2D eigenvalue weighted by Crippen LogP contribution is -2.42. The van der Waals surface area contributed by atoms with Crippen molar-refractivity contribution in [3.63, 3.8) is 0 Å². The summed E-state index contributed by atoms with van der Waals surface area (Å²) in [6.45, 7) is 6.23. The summed E-state index contributed by atoms with van der Waals surface area (Å²) in [6.07, 6.45) is 2.81. The number of methoxy groups -OCH3 is 1. The van der Waals surface area contributed by atoms with Crippen molar-refractivity contribution in [2.75, 3.05) is 26.9 Å². The van der Waals surface area contributed by atoms with Crippen molar-refractivity contribution in [1.82, 2.24) is 24.6 Å². The van der Waals surface area contributed by atoms with E-state index in [0.717, 1.165) is 46.2 Å². The van der Waals surface area contributed by atoms with Gasteiger partial charge in [-0.05, 0) is 62.2 Å². The van der Waals surface area contributed by atoms with Gasteiger partial charge in [-0.15, -0.1) is 0 Å². The van der Waals surface area contributed by atoms with Gasteiger partial charge in [0.2, 0.25) is 0 Å². The van der Waals surface area contributed by atoms with E-state index in [1.807, 2.05) is 84.1 Å². The van der Waals surface area contributed by atoms with Crippen molar-refractivity contribution >= 4 is 6.03 Å². The van der Waals surface area contributed by atoms with Crippen LogP contribution >= 0.6 is 0 Å². The summed E-state index contributed by atoms with van der Waals surface area (Å²) in [5.74, 6) is 1.73. The third-order valence-corrected chi connectivity index (χ3v) is 6.73. The third kappa shape index (κ3) is 4.84. The Morgan fingerprint density at radius 2 is 1.86 bits per heavy atom. The second-order valence-electron chi connectivity index (χ2n) is 9.02. The number of amides is 2. The van der Waals surface area contributed by atoms with Gasteiger partial charge in [0.05, 0.1) is 36.8 Å². The number of carbonyl (C=O) groups excluding carboxylic acids is 1. The molecular formula is C29H33N5O3. The molecule has 8 nitrogen and oxygen atoms in total. The van der Waals surface area contributed by atoms with E-state index in [0.29, 0.717) is 26.3 Å². The van der Waals surface area contributed by atoms with Crippen LogP contribution in [0.4, 0.5) is 4.79 Å². The number of rotatable bonds is 8. The van der Waals surface area contributed by atoms with Gasteiger partial charge in [-0.3, -0.25) is 0 Å². The van der Waals surface area contributed by atoms with Gasteiger partial charge in [0.1, 0.15) is 11.6 Å². The summed E-state index contributed by atoms with van der Waals surface area (Å²) in [7, 11) is 1.66. The molecule has 1 atom stereocenters. The minimum Gasteiger partial charge on any atom is -0.497 e. The van der Waals surface area contributed by atoms with Crippen LogP contribution in [0.1, 0.15) is 41.9 Å². The van der Waals surface area contributed by atoms with Crippen molar-refractivity contribution in [1.29, 1.82) is 0 Å². The predicted octanol–water partition coefficient (Wildman–Crippen LogP) is 5.02. The molecule has 0 unspecified atom stereocenters. The molecule has 2 aromatic carbocycles. The monoisotopic (exact) mass is 499 g/mol. The standard InChI is InChI=1S/C29H33N5O3/c1-4-37-19-9-17-30-29(35)33-20-25-21(2)31-34(23-10-6-5-7-11-23)28(25)32-18-8-12-26(32)27(33)22-13-15-24(36-3)16-14-22/h5-8,10-16,18,27H,4,9,17,19-20H2,1-3H3,(H,30,35)/t27-/m0/s1. The van der Waals surface area contributed by atoms with E-state index in [-0.39, 0.29) is 12.1 Å². The molecule has 0 saturated heterocycles. The van der Waals surface area contributed by atoms with Crippen LogP contribution in [0.25, 0.3) is 11.5 Å². The van der Waals surface area contributed by atoms with E-state index < -0.39 is 0 Å². The molecule has 4 aromatic rings. The minimum absolute atomic E-state index is 0.121. The van der Waals surface area contributed by atoms with Gasteiger partial charge in [0.15, 0.2) is 0 Å². The van der Waals surface area contributed by atoms with Gasteiger partial charge in [-0.1, -0.05) is 30.3 Å². The maximum atomic E-state index is 13.7. The average Bonchev–Trinajstić information content (AvgIpc) is 3.49. The third-order valence-electron chi connectivity index (χ3n) is 6.73. The molecule has 37 heavy (non-hydrogen) atoms. The van der Waals surface area contributed by atoms with Gasteiger partial charge in [-0.25, -0.2) is 9.48 Å². The largest absolute Gasteiger partial charge is 0.497 e. The second kappa shape index (κ2) is 10.9. The molecule has 1 aliphatic rings. The number of hydrogen-bond donors (Lipinski definition) is 1. The first kappa shape index (κ1) is 24.6. The van der Waals surface area contributed by atoms with Crippen molar-refractivity contribution in [3.05, 3.63) is 95.4 Å². The van der Waals surface area contributed by atoms with Crippen molar-refractivity contribution in [3.8, 4) is 17.3 Å². The summed E-state index contributed by atoms with van der Waals surface area (Å²) in [5.41, 5.74) is 4.88. The normalized spacial score (nSPS) is 14.6. The number of urea groups is 1. The molecule has 0 saturated carbocycles. The van der Waals surface area contributed by atoms with Gasteiger partial charge in [-0.2, -0.15) is 5.10 Å². The number of nitrogens with one attached hydrogen (secondary N) is 1. The average molecular weight is 500 g/mol. The van der Waals surface area contributed by atoms with Crippen molar-refractivity contribution in [2.24, 2.45) is 0 Å². The number of hydrogen-bond acceptors (Lipinski definition) is 4. The highest BCUT2D eigenvalue weighted by atomic mass is 16.5. The van der Waals surface area contributed by atoms with E-state index in [4.69, 9.17) is 14.6 Å². The summed E-state index contributed by atoms with van der Waals surface area (Å²) < 4.78 is 15.0. The van der Waals surface area contributed by atoms with Crippen LogP contribution in [0, 0.1) is 6.92 Å². The molecule has 2 aromatic heterocycles. The number of aromatic nitrogens is 3. The van der Waals surface area contributed by atoms with Crippen LogP contribution in [0.3, 0.4) is 0 Å². The molecule has 2 amide bonds. The number of fused-ring (bicyclic) bond motifs is 3. The molecular weight excluding hydrogens is 466 g/mol. The topological polar surface area (TPSA) is 73.5 Å². The Balaban J connectivity index is 1.60. The van der Waals surface area contributed by atoms with E-state index in [1.165, 1.54) is 0 Å². The van der Waals surface area contributed by atoms with Crippen LogP contribution < -0.4 is 10.1 Å². The fourth-order valence-corrected chi connectivity index (χ4v) is 4.90. The number of benzene rings is 2. The zero-order chi connectivity index (χ0) is 25.8. The van der Waals surface area contributed by atoms with Crippen molar-refractivity contribution in [2.45, 2.75) is 32.9 Å². The SMILES string of the molecule is CCOCCCNC(=O)N1Cc2c(C)nn(-c3ccccc3)c2-n2cccc2[C@@H]1c1ccc(OC)cc1. The highest BCUT2D eigenvalue weighted by molar-refractivity contribution is 5.76. The van der Waals surface area contributed by atoms with Crippen LogP contribution in [0.5, 0.6) is 5.75 Å². The zero-order valence-electron chi connectivity index (χ0n) is 21.6. The van der Waals surface area contributed by atoms with Gasteiger partial charge < -0.3 is 24.3 Å². The van der Waals surface area contributed by atoms with E-state index in [2.05, 4.69) is 22.1 Å². The first-order valence-corrected chi connectivity index (χ1v) is 12.7. The van der Waals surface area contributed by atoms with Gasteiger partial charge >= 0.3 is 6.03 Å². The Morgan fingerprint density at radius 1 is 1.08 bits per heavy atom. The van der Waals surface area contributed by atoms with E-state index >= 15 is 0 Å². The lowest BCUT2D eigenvalue weighted by atomic mass is 10.0. The molecule has 3 heterocycles. The molecule has 5 rings (SSSR count). The Kier molecular flexibility index (Phi) is 7.28. The Bertz CT molecular complexity index is 1340. The Hall–Kier alpha value is -4.04. The van der Waals surface area contributed by atoms with Crippen LogP contribution in [0.2, 0.25) is 0 Å². The molecule has 1 aliphatic heterocycles. The first-order chi connectivity index (χ1) is 18.1. The smallest absolute Gasteiger partial charge is 0.318 e. The summed E-state index contributed by atoms with van der Waals surface area (Å²) in [6, 6.07) is 21.7. The number of aryl methyl sites for hydroxylation is 1. The molecule has 0 spiro atoms. The zero-order valence-corrected chi connectivity index (χ0v) is 21.6. The molecule has 0 bridgehead atoms. The minimum atomic E-state index is -0.302. The molecule has 192 valence electrons. The maximum Gasteiger partial charge on any atom is 0.318 e. The second-order valence-corrected chi connectivity index (χ2v) is 9.02. The highest BCUT2D eigenvalue weighted by Crippen LogP contribution is 2.38. The van der Waals surface area contributed by atoms with Crippen LogP contribution in [-0.2, 0) is 11.3 Å². The Morgan fingerprint density at radius 3 is 2.59 bits per heavy atom. The predicted molar refractivity (Wildman–Crippen MR) is 143 cm³/mol. The Labute approximate surface area is 217 Å². The van der Waals surface area contributed by atoms with Crippen molar-refractivity contribution < 1.29 is 14.3 Å². The molecule has 0 radical (unpaired) electrons. The molecule has 8 heteroatoms. The first-order valence-electron chi connectivity index (χ1n) is 12.7. The maximum absolute atomic E-state index is 13.7. The van der Waals surface area contributed by atoms with E-state index in [9.17, 15) is 4.79 Å². The summed E-state index contributed by atoms with van der Waals surface area (Å²) in [5, 5.41) is 8.02. The van der Waals surface area contributed by atoms with E-state index in [1.54, 1.807) is 7.11 Å². The number of para-hydroxylation sites is 1. The molecule has 1 N–H and O–H groups in total. The lowest BCUT2D eigenvalue weighted by Gasteiger charge is -2.31. The van der Waals surface area contributed by atoms with Gasteiger partial charge in [0, 0.05) is 31.5 Å². The fourth-order valence-electron chi connectivity index (χ4n) is 4.90. The summed E-state index contributed by atoms with van der Waals surface area (Å²) >= 11 is 0. The van der Waals surface area contributed by atoms with Gasteiger partial charge in [0.25, 0.3) is 0 Å².